The summed E-state index contributed by atoms with van der Waals surface area (Å²) in [7, 11) is 0. The van der Waals surface area contributed by atoms with Crippen LogP contribution in [0.25, 0.3) is 0 Å². The van der Waals surface area contributed by atoms with Crippen molar-refractivity contribution in [1.29, 1.82) is 0 Å². The average molecular weight is 501 g/mol. The molecule has 0 spiro atoms. The van der Waals surface area contributed by atoms with Gasteiger partial charge in [0.1, 0.15) is 5.75 Å². The SMILES string of the molecule is C/C=C/C1CCC(c2ccc(C3CCC(C(=O)Oc4ccc(OCC)cc4F)CC3)c(F)c2F)CC1. The molecule has 2 aliphatic carbocycles. The lowest BCUT2D eigenvalue weighted by Gasteiger charge is -2.30. The second kappa shape index (κ2) is 12.0. The first kappa shape index (κ1) is 26.3. The molecule has 0 radical (unpaired) electrons. The predicted molar refractivity (Wildman–Crippen MR) is 134 cm³/mol. The van der Waals surface area contributed by atoms with Crippen molar-refractivity contribution in [2.75, 3.05) is 6.61 Å². The summed E-state index contributed by atoms with van der Waals surface area (Å²) in [5.41, 5.74) is 0.882. The number of carbonyl (C=O) groups is 1. The van der Waals surface area contributed by atoms with Gasteiger partial charge in [-0.2, -0.15) is 0 Å². The Morgan fingerprint density at radius 2 is 1.47 bits per heavy atom. The zero-order chi connectivity index (χ0) is 25.7. The Morgan fingerprint density at radius 3 is 2.00 bits per heavy atom. The van der Waals surface area contributed by atoms with Crippen LogP contribution in [0.2, 0.25) is 0 Å². The third-order valence-electron chi connectivity index (χ3n) is 7.74. The highest BCUT2D eigenvalue weighted by molar-refractivity contribution is 5.75. The van der Waals surface area contributed by atoms with Gasteiger partial charge in [-0.25, -0.2) is 13.2 Å². The summed E-state index contributed by atoms with van der Waals surface area (Å²) in [5, 5.41) is 0. The number of hydrogen-bond acceptors (Lipinski definition) is 3. The van der Waals surface area contributed by atoms with Gasteiger partial charge in [-0.1, -0.05) is 24.3 Å². The Bertz CT molecular complexity index is 1080. The molecule has 0 amide bonds. The number of esters is 1. The smallest absolute Gasteiger partial charge is 0.314 e. The molecule has 2 aromatic rings. The van der Waals surface area contributed by atoms with Crippen LogP contribution in [0.15, 0.2) is 42.5 Å². The van der Waals surface area contributed by atoms with E-state index in [1.54, 1.807) is 25.1 Å². The van der Waals surface area contributed by atoms with Gasteiger partial charge in [-0.15, -0.1) is 0 Å². The summed E-state index contributed by atoms with van der Waals surface area (Å²) >= 11 is 0. The lowest BCUT2D eigenvalue weighted by Crippen LogP contribution is -2.26. The van der Waals surface area contributed by atoms with Crippen LogP contribution < -0.4 is 9.47 Å². The van der Waals surface area contributed by atoms with E-state index in [4.69, 9.17) is 9.47 Å². The van der Waals surface area contributed by atoms with Crippen molar-refractivity contribution in [3.05, 3.63) is 71.1 Å². The topological polar surface area (TPSA) is 35.5 Å². The molecule has 6 heteroatoms. The van der Waals surface area contributed by atoms with E-state index >= 15 is 8.78 Å². The Morgan fingerprint density at radius 1 is 0.889 bits per heavy atom. The van der Waals surface area contributed by atoms with Gasteiger partial charge in [-0.3, -0.25) is 4.79 Å². The van der Waals surface area contributed by atoms with Crippen LogP contribution in [0.3, 0.4) is 0 Å². The highest BCUT2D eigenvalue weighted by atomic mass is 19.2. The van der Waals surface area contributed by atoms with E-state index in [2.05, 4.69) is 12.2 Å². The van der Waals surface area contributed by atoms with E-state index in [0.717, 1.165) is 25.7 Å². The third kappa shape index (κ3) is 5.96. The van der Waals surface area contributed by atoms with Crippen LogP contribution in [0.4, 0.5) is 13.2 Å². The number of halogens is 3. The average Bonchev–Trinajstić information content (AvgIpc) is 2.88. The largest absolute Gasteiger partial charge is 0.494 e. The number of rotatable bonds is 7. The summed E-state index contributed by atoms with van der Waals surface area (Å²) in [6, 6.07) is 7.64. The monoisotopic (exact) mass is 500 g/mol. The zero-order valence-corrected chi connectivity index (χ0v) is 21.1. The maximum absolute atomic E-state index is 15.1. The second-order valence-corrected chi connectivity index (χ2v) is 10.0. The van der Waals surface area contributed by atoms with Crippen molar-refractivity contribution in [1.82, 2.24) is 0 Å². The summed E-state index contributed by atoms with van der Waals surface area (Å²) in [6.45, 7) is 4.22. The van der Waals surface area contributed by atoms with Gasteiger partial charge in [0.25, 0.3) is 0 Å². The van der Waals surface area contributed by atoms with Crippen LogP contribution in [-0.4, -0.2) is 12.6 Å². The van der Waals surface area contributed by atoms with Gasteiger partial charge in [-0.05, 0) is 106 Å². The molecule has 2 aromatic carbocycles. The van der Waals surface area contributed by atoms with Crippen LogP contribution in [0.1, 0.15) is 88.2 Å². The maximum atomic E-state index is 15.1. The molecule has 194 valence electrons. The van der Waals surface area contributed by atoms with Crippen LogP contribution in [-0.2, 0) is 4.79 Å². The Labute approximate surface area is 211 Å². The molecule has 0 aliphatic heterocycles. The highest BCUT2D eigenvalue weighted by Gasteiger charge is 2.32. The van der Waals surface area contributed by atoms with Gasteiger partial charge in [0.2, 0.25) is 0 Å². The summed E-state index contributed by atoms with van der Waals surface area (Å²) in [6.07, 6.45) is 10.1. The molecule has 36 heavy (non-hydrogen) atoms. The first-order valence-electron chi connectivity index (χ1n) is 13.2. The normalized spacial score (nSPS) is 24.6. The van der Waals surface area contributed by atoms with E-state index in [1.807, 2.05) is 6.92 Å². The molecule has 2 saturated carbocycles. The van der Waals surface area contributed by atoms with Crippen molar-refractivity contribution < 1.29 is 27.4 Å². The lowest BCUT2D eigenvalue weighted by atomic mass is 9.76. The summed E-state index contributed by atoms with van der Waals surface area (Å²) < 4.78 is 55.0. The molecule has 0 heterocycles. The van der Waals surface area contributed by atoms with Gasteiger partial charge in [0.15, 0.2) is 23.2 Å². The molecule has 0 N–H and O–H groups in total. The molecular formula is C30H35F3O3. The van der Waals surface area contributed by atoms with Crippen LogP contribution >= 0.6 is 0 Å². The number of allylic oxidation sites excluding steroid dienone is 2. The van der Waals surface area contributed by atoms with E-state index in [0.29, 0.717) is 55.1 Å². The van der Waals surface area contributed by atoms with E-state index in [9.17, 15) is 9.18 Å². The van der Waals surface area contributed by atoms with E-state index in [-0.39, 0.29) is 17.6 Å². The van der Waals surface area contributed by atoms with Crippen LogP contribution in [0, 0.1) is 29.3 Å². The van der Waals surface area contributed by atoms with Gasteiger partial charge in [0, 0.05) is 6.07 Å². The number of carbonyl (C=O) groups excluding carboxylic acids is 1. The molecule has 0 bridgehead atoms. The maximum Gasteiger partial charge on any atom is 0.314 e. The summed E-state index contributed by atoms with van der Waals surface area (Å²) in [4.78, 5) is 12.6. The van der Waals surface area contributed by atoms with E-state index < -0.39 is 29.3 Å². The quantitative estimate of drug-likeness (QED) is 0.218. The fraction of sp³-hybridized carbons (Fsp3) is 0.500. The van der Waals surface area contributed by atoms with Crippen molar-refractivity contribution in [2.24, 2.45) is 11.8 Å². The molecule has 3 nitrogen and oxygen atoms in total. The van der Waals surface area contributed by atoms with Gasteiger partial charge < -0.3 is 9.47 Å². The molecule has 2 fully saturated rings. The minimum Gasteiger partial charge on any atom is -0.494 e. The second-order valence-electron chi connectivity index (χ2n) is 10.0. The fourth-order valence-electron chi connectivity index (χ4n) is 5.76. The predicted octanol–water partition coefficient (Wildman–Crippen LogP) is 8.23. The molecule has 0 saturated heterocycles. The van der Waals surface area contributed by atoms with Crippen molar-refractivity contribution >= 4 is 5.97 Å². The minimum absolute atomic E-state index is 0.0589. The first-order chi connectivity index (χ1) is 17.4. The third-order valence-corrected chi connectivity index (χ3v) is 7.74. The molecule has 0 unspecified atom stereocenters. The van der Waals surface area contributed by atoms with Crippen molar-refractivity contribution in [3.8, 4) is 11.5 Å². The minimum atomic E-state index is -0.745. The Kier molecular flexibility index (Phi) is 8.76. The summed E-state index contributed by atoms with van der Waals surface area (Å²) in [5.74, 6) is -2.32. The standard InChI is InChI=1S/C30H35F3O3/c1-3-5-19-6-8-20(9-7-19)24-15-16-25(29(33)28(24)32)21-10-12-22(13-11-21)30(34)36-27-17-14-23(35-4-2)18-26(27)31/h3,5,14-22H,4,6-13H2,1-2H3/b5-3+. The zero-order valence-electron chi connectivity index (χ0n) is 21.1. The molecule has 2 aliphatic rings. The van der Waals surface area contributed by atoms with Crippen molar-refractivity contribution in [3.63, 3.8) is 0 Å². The van der Waals surface area contributed by atoms with Crippen LogP contribution in [0.5, 0.6) is 11.5 Å². The van der Waals surface area contributed by atoms with E-state index in [1.165, 1.54) is 12.1 Å². The molecule has 0 aromatic heterocycles. The number of benzene rings is 2. The fourth-order valence-corrected chi connectivity index (χ4v) is 5.76. The Balaban J connectivity index is 1.35. The highest BCUT2D eigenvalue weighted by Crippen LogP contribution is 2.42. The van der Waals surface area contributed by atoms with Gasteiger partial charge in [0.05, 0.1) is 12.5 Å². The molecule has 0 atom stereocenters. The number of ether oxygens (including phenoxy) is 2. The first-order valence-corrected chi connectivity index (χ1v) is 13.2. The van der Waals surface area contributed by atoms with Gasteiger partial charge >= 0.3 is 5.97 Å². The van der Waals surface area contributed by atoms with Crippen molar-refractivity contribution in [2.45, 2.75) is 77.0 Å². The number of hydrogen-bond donors (Lipinski definition) is 0. The molecular weight excluding hydrogens is 465 g/mol. The lowest BCUT2D eigenvalue weighted by molar-refractivity contribution is -0.140. The Hall–Kier alpha value is -2.76. The molecule has 4 rings (SSSR count).